The number of ketones is 1. The second kappa shape index (κ2) is 4.31. The lowest BCUT2D eigenvalue weighted by Gasteiger charge is -2.06. The Labute approximate surface area is 117 Å². The summed E-state index contributed by atoms with van der Waals surface area (Å²) in [6.07, 6.45) is 0. The first-order valence-electron chi connectivity index (χ1n) is 5.62. The highest BCUT2D eigenvalue weighted by Crippen LogP contribution is 2.41. The Balaban J connectivity index is 2.22. The molecule has 0 aromatic heterocycles. The van der Waals surface area contributed by atoms with E-state index in [0.29, 0.717) is 10.0 Å². The number of phenolic OH excluding ortho intramolecular Hbond substituents is 1. The Kier molecular flexibility index (Phi) is 2.75. The van der Waals surface area contributed by atoms with Crippen LogP contribution in [0.4, 0.5) is 4.39 Å². The molecule has 0 unspecified atom stereocenters. The monoisotopic (exact) mass is 318 g/mol. The van der Waals surface area contributed by atoms with E-state index in [-0.39, 0.29) is 17.3 Å². The van der Waals surface area contributed by atoms with Crippen molar-refractivity contribution in [2.45, 2.75) is 0 Å². The molecule has 2 aromatic rings. The first kappa shape index (κ1) is 12.1. The predicted octanol–water partition coefficient (Wildman–Crippen LogP) is 3.88. The SMILES string of the molecule is O=C1C(Br)=C(c2ccc(F)cc2)c2ccc(O)cc21. The van der Waals surface area contributed by atoms with Crippen molar-refractivity contribution in [3.8, 4) is 5.75 Å². The number of Topliss-reactive ketones (excluding diaryl/α,β-unsaturated/α-hetero) is 1. The van der Waals surface area contributed by atoms with E-state index in [1.54, 1.807) is 18.2 Å². The van der Waals surface area contributed by atoms with Crippen molar-refractivity contribution >= 4 is 27.3 Å². The molecule has 0 aliphatic heterocycles. The Morgan fingerprint density at radius 3 is 2.37 bits per heavy atom. The molecule has 0 radical (unpaired) electrons. The first-order valence-corrected chi connectivity index (χ1v) is 6.41. The van der Waals surface area contributed by atoms with E-state index in [1.807, 2.05) is 0 Å². The van der Waals surface area contributed by atoms with Crippen molar-refractivity contribution in [2.24, 2.45) is 0 Å². The van der Waals surface area contributed by atoms with Gasteiger partial charge < -0.3 is 5.11 Å². The molecule has 4 heteroatoms. The zero-order valence-corrected chi connectivity index (χ0v) is 11.2. The molecule has 94 valence electrons. The topological polar surface area (TPSA) is 37.3 Å². The molecule has 0 fully saturated rings. The molecule has 0 bridgehead atoms. The Hall–Kier alpha value is -1.94. The van der Waals surface area contributed by atoms with Crippen molar-refractivity contribution in [1.29, 1.82) is 0 Å². The number of carbonyl (C=O) groups excluding carboxylic acids is 1. The van der Waals surface area contributed by atoms with Gasteiger partial charge in [0.1, 0.15) is 11.6 Å². The summed E-state index contributed by atoms with van der Waals surface area (Å²) in [5, 5.41) is 9.46. The highest BCUT2D eigenvalue weighted by molar-refractivity contribution is 9.12. The molecule has 1 aliphatic carbocycles. The van der Waals surface area contributed by atoms with E-state index < -0.39 is 0 Å². The Morgan fingerprint density at radius 2 is 1.68 bits per heavy atom. The van der Waals surface area contributed by atoms with Gasteiger partial charge in [0, 0.05) is 11.1 Å². The van der Waals surface area contributed by atoms with Crippen LogP contribution in [-0.2, 0) is 0 Å². The van der Waals surface area contributed by atoms with E-state index in [4.69, 9.17) is 0 Å². The molecule has 0 saturated heterocycles. The van der Waals surface area contributed by atoms with E-state index in [9.17, 15) is 14.3 Å². The number of benzene rings is 2. The van der Waals surface area contributed by atoms with E-state index in [1.165, 1.54) is 24.3 Å². The van der Waals surface area contributed by atoms with Crippen LogP contribution in [0.15, 0.2) is 46.9 Å². The normalized spacial score (nSPS) is 13.9. The summed E-state index contributed by atoms with van der Waals surface area (Å²) in [6.45, 7) is 0. The van der Waals surface area contributed by atoms with Gasteiger partial charge in [-0.1, -0.05) is 12.1 Å². The smallest absolute Gasteiger partial charge is 0.201 e. The van der Waals surface area contributed by atoms with Crippen LogP contribution in [0.1, 0.15) is 21.5 Å². The number of hydrogen-bond donors (Lipinski definition) is 1. The van der Waals surface area contributed by atoms with Gasteiger partial charge in [-0.2, -0.15) is 0 Å². The van der Waals surface area contributed by atoms with E-state index >= 15 is 0 Å². The van der Waals surface area contributed by atoms with Gasteiger partial charge in [-0.25, -0.2) is 4.39 Å². The summed E-state index contributed by atoms with van der Waals surface area (Å²) in [5.41, 5.74) is 2.67. The molecule has 0 saturated carbocycles. The van der Waals surface area contributed by atoms with Gasteiger partial charge in [-0.15, -0.1) is 0 Å². The maximum atomic E-state index is 13.0. The number of allylic oxidation sites excluding steroid dienone is 1. The van der Waals surface area contributed by atoms with Gasteiger partial charge in [0.15, 0.2) is 0 Å². The summed E-state index contributed by atoms with van der Waals surface area (Å²) in [7, 11) is 0. The molecular formula is C15H8BrFO2. The highest BCUT2D eigenvalue weighted by Gasteiger charge is 2.29. The lowest BCUT2D eigenvalue weighted by atomic mass is 9.99. The second-order valence-corrected chi connectivity index (χ2v) is 5.05. The minimum atomic E-state index is -0.323. The third-order valence-corrected chi connectivity index (χ3v) is 3.83. The van der Waals surface area contributed by atoms with Gasteiger partial charge in [-0.05, 0) is 57.4 Å². The van der Waals surface area contributed by atoms with Crippen LogP contribution >= 0.6 is 15.9 Å². The summed E-state index contributed by atoms with van der Waals surface area (Å²) in [4.78, 5) is 12.1. The number of aromatic hydroxyl groups is 1. The number of phenols is 1. The van der Waals surface area contributed by atoms with Crippen molar-refractivity contribution in [3.63, 3.8) is 0 Å². The fourth-order valence-electron chi connectivity index (χ4n) is 2.19. The highest BCUT2D eigenvalue weighted by atomic mass is 79.9. The predicted molar refractivity (Wildman–Crippen MR) is 73.8 cm³/mol. The van der Waals surface area contributed by atoms with Gasteiger partial charge in [-0.3, -0.25) is 4.79 Å². The zero-order valence-electron chi connectivity index (χ0n) is 9.65. The molecule has 0 atom stereocenters. The Morgan fingerprint density at radius 1 is 1.00 bits per heavy atom. The number of hydrogen-bond acceptors (Lipinski definition) is 2. The van der Waals surface area contributed by atoms with Crippen LogP contribution < -0.4 is 0 Å². The minimum Gasteiger partial charge on any atom is -0.508 e. The molecule has 3 rings (SSSR count). The van der Waals surface area contributed by atoms with Gasteiger partial charge in [0.05, 0.1) is 4.48 Å². The fraction of sp³-hybridized carbons (Fsp3) is 0. The van der Waals surface area contributed by atoms with Crippen molar-refractivity contribution in [2.75, 3.05) is 0 Å². The standard InChI is InChI=1S/C15H8BrFO2/c16-14-13(8-1-3-9(17)4-2-8)11-6-5-10(18)7-12(11)15(14)19/h1-7,18H. The maximum Gasteiger partial charge on any atom is 0.201 e. The third-order valence-electron chi connectivity index (χ3n) is 3.07. The summed E-state index contributed by atoms with van der Waals surface area (Å²) < 4.78 is 13.4. The van der Waals surface area contributed by atoms with Crippen LogP contribution in [0.5, 0.6) is 5.75 Å². The molecule has 2 nitrogen and oxygen atoms in total. The second-order valence-electron chi connectivity index (χ2n) is 4.25. The molecule has 1 N–H and O–H groups in total. The van der Waals surface area contributed by atoms with Crippen LogP contribution in [0.25, 0.3) is 5.57 Å². The van der Waals surface area contributed by atoms with Crippen LogP contribution in [0, 0.1) is 5.82 Å². The van der Waals surface area contributed by atoms with Gasteiger partial charge in [0.2, 0.25) is 5.78 Å². The number of fused-ring (bicyclic) bond motifs is 1. The van der Waals surface area contributed by atoms with Crippen LogP contribution in [0.3, 0.4) is 0 Å². The number of carbonyl (C=O) groups is 1. The van der Waals surface area contributed by atoms with Crippen molar-refractivity contribution < 1.29 is 14.3 Å². The quantitative estimate of drug-likeness (QED) is 0.866. The Bertz CT molecular complexity index is 717. The van der Waals surface area contributed by atoms with Crippen LogP contribution in [-0.4, -0.2) is 10.9 Å². The summed E-state index contributed by atoms with van der Waals surface area (Å²) in [5.74, 6) is -0.450. The molecule has 0 heterocycles. The average Bonchev–Trinajstić information content (AvgIpc) is 2.64. The van der Waals surface area contributed by atoms with E-state index in [0.717, 1.165) is 16.7 Å². The minimum absolute atomic E-state index is 0.0488. The number of rotatable bonds is 1. The zero-order chi connectivity index (χ0) is 13.6. The summed E-state index contributed by atoms with van der Waals surface area (Å²) in [6, 6.07) is 10.6. The lowest BCUT2D eigenvalue weighted by Crippen LogP contribution is -1.93. The molecular weight excluding hydrogens is 311 g/mol. The first-order chi connectivity index (χ1) is 9.08. The average molecular weight is 319 g/mol. The van der Waals surface area contributed by atoms with Gasteiger partial charge in [0.25, 0.3) is 0 Å². The largest absolute Gasteiger partial charge is 0.508 e. The summed E-state index contributed by atoms with van der Waals surface area (Å²) >= 11 is 3.29. The molecule has 19 heavy (non-hydrogen) atoms. The molecule has 0 spiro atoms. The molecule has 2 aromatic carbocycles. The van der Waals surface area contributed by atoms with Gasteiger partial charge >= 0.3 is 0 Å². The molecule has 1 aliphatic rings. The lowest BCUT2D eigenvalue weighted by molar-refractivity contribution is 0.104. The number of halogens is 2. The fourth-order valence-corrected chi connectivity index (χ4v) is 2.84. The third kappa shape index (κ3) is 1.88. The van der Waals surface area contributed by atoms with Crippen molar-refractivity contribution in [3.05, 3.63) is 69.5 Å². The van der Waals surface area contributed by atoms with Crippen molar-refractivity contribution in [1.82, 2.24) is 0 Å². The molecule has 0 amide bonds. The van der Waals surface area contributed by atoms with Crippen LogP contribution in [0.2, 0.25) is 0 Å². The maximum absolute atomic E-state index is 13.0. The van der Waals surface area contributed by atoms with E-state index in [2.05, 4.69) is 15.9 Å².